The van der Waals surface area contributed by atoms with Gasteiger partial charge in [0.05, 0.1) is 0 Å². The Morgan fingerprint density at radius 2 is 2.24 bits per heavy atom. The molecule has 0 bridgehead atoms. The molecule has 2 rings (SSSR count). The Morgan fingerprint density at radius 1 is 1.41 bits per heavy atom. The van der Waals surface area contributed by atoms with Gasteiger partial charge < -0.3 is 5.32 Å². The van der Waals surface area contributed by atoms with Crippen LogP contribution < -0.4 is 5.32 Å². The van der Waals surface area contributed by atoms with Crippen molar-refractivity contribution >= 4 is 21.8 Å². The zero-order valence-electron chi connectivity index (χ0n) is 9.51. The lowest BCUT2D eigenvalue weighted by molar-refractivity contribution is -0.124. The fraction of sp³-hybridized carbons (Fsp3) is 0.462. The molecule has 17 heavy (non-hydrogen) atoms. The number of carbonyl (C=O) groups excluding carboxylic acids is 1. The van der Waals surface area contributed by atoms with E-state index in [0.717, 1.165) is 35.8 Å². The number of nitrogens with one attached hydrogen (secondary N) is 1. The maximum absolute atomic E-state index is 13.0. The summed E-state index contributed by atoms with van der Waals surface area (Å²) in [5.41, 5.74) is 0.994. The summed E-state index contributed by atoms with van der Waals surface area (Å²) in [6.45, 7) is 0.778. The molecule has 2 nitrogen and oxygen atoms in total. The topological polar surface area (TPSA) is 29.1 Å². The molecule has 0 aliphatic carbocycles. The van der Waals surface area contributed by atoms with Crippen molar-refractivity contribution in [3.63, 3.8) is 0 Å². The van der Waals surface area contributed by atoms with Crippen LogP contribution in [-0.2, 0) is 11.2 Å². The van der Waals surface area contributed by atoms with Gasteiger partial charge in [0.25, 0.3) is 0 Å². The molecule has 1 N–H and O–H groups in total. The maximum Gasteiger partial charge on any atom is 0.223 e. The third-order valence-electron chi connectivity index (χ3n) is 3.13. The molecule has 1 aliphatic rings. The quantitative estimate of drug-likeness (QED) is 0.893. The van der Waals surface area contributed by atoms with Crippen LogP contribution in [0.5, 0.6) is 0 Å². The summed E-state index contributed by atoms with van der Waals surface area (Å²) >= 11 is 3.34. The van der Waals surface area contributed by atoms with Crippen molar-refractivity contribution < 1.29 is 9.18 Å². The van der Waals surface area contributed by atoms with Crippen molar-refractivity contribution in [1.82, 2.24) is 5.32 Å². The first-order valence-corrected chi connectivity index (χ1v) is 6.68. The van der Waals surface area contributed by atoms with Crippen LogP contribution in [0.2, 0.25) is 0 Å². The van der Waals surface area contributed by atoms with Gasteiger partial charge in [-0.3, -0.25) is 4.79 Å². The maximum atomic E-state index is 13.0. The van der Waals surface area contributed by atoms with Gasteiger partial charge in [-0.1, -0.05) is 28.4 Å². The van der Waals surface area contributed by atoms with Crippen molar-refractivity contribution in [2.75, 3.05) is 6.54 Å². The van der Waals surface area contributed by atoms with E-state index in [4.69, 9.17) is 0 Å². The second-order valence-corrected chi connectivity index (χ2v) is 5.28. The average Bonchev–Trinajstić information content (AvgIpc) is 2.48. The van der Waals surface area contributed by atoms with E-state index in [2.05, 4.69) is 21.2 Å². The van der Waals surface area contributed by atoms with Crippen molar-refractivity contribution in [2.45, 2.75) is 25.7 Å². The van der Waals surface area contributed by atoms with Crippen LogP contribution in [0.3, 0.4) is 0 Å². The van der Waals surface area contributed by atoms with Gasteiger partial charge in [0, 0.05) is 16.9 Å². The van der Waals surface area contributed by atoms with E-state index >= 15 is 0 Å². The van der Waals surface area contributed by atoms with Crippen molar-refractivity contribution in [3.05, 3.63) is 34.1 Å². The van der Waals surface area contributed by atoms with Gasteiger partial charge in [0.2, 0.25) is 5.91 Å². The van der Waals surface area contributed by atoms with E-state index < -0.39 is 0 Å². The highest BCUT2D eigenvalue weighted by Gasteiger charge is 2.21. The summed E-state index contributed by atoms with van der Waals surface area (Å²) in [5.74, 6) is -0.121. The van der Waals surface area contributed by atoms with Gasteiger partial charge in [0.15, 0.2) is 0 Å². The number of amides is 1. The molecular formula is C13H15BrFNO. The van der Waals surface area contributed by atoms with E-state index in [9.17, 15) is 9.18 Å². The number of carbonyl (C=O) groups is 1. The highest BCUT2D eigenvalue weighted by molar-refractivity contribution is 9.10. The fourth-order valence-electron chi connectivity index (χ4n) is 2.15. The molecule has 1 heterocycles. The van der Waals surface area contributed by atoms with E-state index in [-0.39, 0.29) is 17.6 Å². The second-order valence-electron chi connectivity index (χ2n) is 4.42. The van der Waals surface area contributed by atoms with Gasteiger partial charge in [-0.2, -0.15) is 0 Å². The molecule has 0 spiro atoms. The molecular weight excluding hydrogens is 285 g/mol. The summed E-state index contributed by atoms with van der Waals surface area (Å²) in [6, 6.07) is 4.64. The smallest absolute Gasteiger partial charge is 0.223 e. The molecule has 0 saturated carbocycles. The number of benzene rings is 1. The Hall–Kier alpha value is -0.900. The number of rotatable bonds is 2. The predicted molar refractivity (Wildman–Crippen MR) is 68.2 cm³/mol. The molecule has 1 amide bonds. The van der Waals surface area contributed by atoms with Gasteiger partial charge in [-0.05, 0) is 37.0 Å². The molecule has 1 aromatic carbocycles. The van der Waals surface area contributed by atoms with E-state index in [1.54, 1.807) is 6.07 Å². The first-order valence-electron chi connectivity index (χ1n) is 5.88. The summed E-state index contributed by atoms with van der Waals surface area (Å²) in [6.07, 6.45) is 3.71. The number of hydrogen-bond acceptors (Lipinski definition) is 1. The lowest BCUT2D eigenvalue weighted by Gasteiger charge is -2.14. The predicted octanol–water partition coefficient (Wildman–Crippen LogP) is 3.05. The Morgan fingerprint density at radius 3 is 3.00 bits per heavy atom. The van der Waals surface area contributed by atoms with Gasteiger partial charge in [-0.25, -0.2) is 4.39 Å². The standard InChI is InChI=1S/C13H15BrFNO/c14-12-8-11(15)5-4-9(12)7-10-3-1-2-6-16-13(10)17/h4-5,8,10H,1-3,6-7H2,(H,16,17). The zero-order chi connectivity index (χ0) is 12.3. The largest absolute Gasteiger partial charge is 0.356 e. The Balaban J connectivity index is 2.10. The van der Waals surface area contributed by atoms with E-state index in [0.29, 0.717) is 6.42 Å². The Kier molecular flexibility index (Phi) is 4.15. The number of halogens is 2. The summed E-state index contributed by atoms with van der Waals surface area (Å²) < 4.78 is 13.7. The van der Waals surface area contributed by atoms with E-state index in [1.165, 1.54) is 12.1 Å². The Labute approximate surface area is 109 Å². The van der Waals surface area contributed by atoms with Crippen molar-refractivity contribution in [3.8, 4) is 0 Å². The van der Waals surface area contributed by atoms with Crippen LogP contribution in [-0.4, -0.2) is 12.5 Å². The monoisotopic (exact) mass is 299 g/mol. The first-order chi connectivity index (χ1) is 8.16. The van der Waals surface area contributed by atoms with Crippen LogP contribution in [0.4, 0.5) is 4.39 Å². The second kappa shape index (κ2) is 5.63. The van der Waals surface area contributed by atoms with Gasteiger partial charge in [0.1, 0.15) is 5.82 Å². The Bertz CT molecular complexity index is 422. The summed E-state index contributed by atoms with van der Waals surface area (Å²) in [4.78, 5) is 11.8. The zero-order valence-corrected chi connectivity index (χ0v) is 11.1. The molecule has 0 radical (unpaired) electrons. The van der Waals surface area contributed by atoms with E-state index in [1.807, 2.05) is 0 Å². The molecule has 0 aromatic heterocycles. The van der Waals surface area contributed by atoms with Crippen LogP contribution in [0.1, 0.15) is 24.8 Å². The lowest BCUT2D eigenvalue weighted by Crippen LogP contribution is -2.30. The van der Waals surface area contributed by atoms with Crippen molar-refractivity contribution in [1.29, 1.82) is 0 Å². The molecule has 92 valence electrons. The minimum absolute atomic E-state index is 0.0132. The summed E-state index contributed by atoms with van der Waals surface area (Å²) in [7, 11) is 0. The first kappa shape index (κ1) is 12.6. The normalized spacial score (nSPS) is 20.8. The highest BCUT2D eigenvalue weighted by atomic mass is 79.9. The minimum Gasteiger partial charge on any atom is -0.356 e. The molecule has 1 fully saturated rings. The molecule has 1 aromatic rings. The van der Waals surface area contributed by atoms with Crippen LogP contribution in [0.15, 0.2) is 22.7 Å². The van der Waals surface area contributed by atoms with Crippen LogP contribution in [0, 0.1) is 11.7 Å². The van der Waals surface area contributed by atoms with Gasteiger partial charge in [-0.15, -0.1) is 0 Å². The number of hydrogen-bond donors (Lipinski definition) is 1. The lowest BCUT2D eigenvalue weighted by atomic mass is 9.94. The minimum atomic E-state index is -0.258. The third-order valence-corrected chi connectivity index (χ3v) is 3.87. The van der Waals surface area contributed by atoms with Crippen LogP contribution in [0.25, 0.3) is 0 Å². The molecule has 4 heteroatoms. The van der Waals surface area contributed by atoms with Gasteiger partial charge >= 0.3 is 0 Å². The average molecular weight is 300 g/mol. The molecule has 1 atom stereocenters. The molecule has 1 saturated heterocycles. The fourth-order valence-corrected chi connectivity index (χ4v) is 2.66. The third kappa shape index (κ3) is 3.28. The molecule has 1 unspecified atom stereocenters. The SMILES string of the molecule is O=C1NCCCCC1Cc1ccc(F)cc1Br. The van der Waals surface area contributed by atoms with Crippen LogP contribution >= 0.6 is 15.9 Å². The molecule has 1 aliphatic heterocycles. The van der Waals surface area contributed by atoms with Crippen molar-refractivity contribution in [2.24, 2.45) is 5.92 Å². The highest BCUT2D eigenvalue weighted by Crippen LogP contribution is 2.24. The summed E-state index contributed by atoms with van der Waals surface area (Å²) in [5, 5.41) is 2.92.